The van der Waals surface area contributed by atoms with Crippen LogP contribution in [0.2, 0.25) is 5.02 Å². The van der Waals surface area contributed by atoms with Crippen molar-refractivity contribution in [1.29, 1.82) is 0 Å². The van der Waals surface area contributed by atoms with Gasteiger partial charge in [-0.1, -0.05) is 35.1 Å². The zero-order chi connectivity index (χ0) is 20.5. The fraction of sp³-hybridized carbons (Fsp3) is 0.333. The van der Waals surface area contributed by atoms with E-state index >= 15 is 0 Å². The number of para-hydroxylation sites is 2. The standard InChI is InChI=1S/C21H22ClN3O3S.ClH/c1-13-19(28-17-7-5-4-6-16(17)27-13)20(26)25(11-10-24(2)3)21-23-15-9-8-14(22)12-18(15)29-21;/h4-9,12-13,19H,10-11H2,1-3H3;1H. The summed E-state index contributed by atoms with van der Waals surface area (Å²) in [6.45, 7) is 3.04. The number of rotatable bonds is 5. The molecule has 3 aromatic rings. The van der Waals surface area contributed by atoms with Crippen LogP contribution in [0.15, 0.2) is 42.5 Å². The number of anilines is 1. The number of carbonyl (C=O) groups is 1. The SMILES string of the molecule is CC1Oc2ccccc2OC1C(=O)N(CCN(C)C)c1nc2ccc(Cl)cc2s1.Cl. The van der Waals surface area contributed by atoms with E-state index in [1.807, 2.05) is 62.3 Å². The number of nitrogens with zero attached hydrogens (tertiary/aromatic N) is 3. The largest absolute Gasteiger partial charge is 0.482 e. The van der Waals surface area contributed by atoms with Crippen LogP contribution in [-0.4, -0.2) is 55.2 Å². The summed E-state index contributed by atoms with van der Waals surface area (Å²) in [5.41, 5.74) is 0.816. The van der Waals surface area contributed by atoms with Gasteiger partial charge in [-0.05, 0) is 51.4 Å². The summed E-state index contributed by atoms with van der Waals surface area (Å²) < 4.78 is 12.9. The highest BCUT2D eigenvalue weighted by Gasteiger charge is 2.38. The van der Waals surface area contributed by atoms with E-state index in [2.05, 4.69) is 4.98 Å². The van der Waals surface area contributed by atoms with Crippen molar-refractivity contribution >= 4 is 56.6 Å². The van der Waals surface area contributed by atoms with Crippen molar-refractivity contribution in [1.82, 2.24) is 9.88 Å². The van der Waals surface area contributed by atoms with Gasteiger partial charge in [0.1, 0.15) is 6.10 Å². The van der Waals surface area contributed by atoms with Gasteiger partial charge in [0.25, 0.3) is 5.91 Å². The highest BCUT2D eigenvalue weighted by atomic mass is 35.5. The Labute approximate surface area is 190 Å². The molecule has 1 amide bonds. The van der Waals surface area contributed by atoms with Crippen LogP contribution in [0.4, 0.5) is 5.13 Å². The molecule has 1 aliphatic rings. The molecule has 0 fully saturated rings. The molecule has 2 unspecified atom stereocenters. The summed E-state index contributed by atoms with van der Waals surface area (Å²) in [5.74, 6) is 1.06. The Morgan fingerprint density at radius 3 is 2.53 bits per heavy atom. The van der Waals surface area contributed by atoms with E-state index in [1.165, 1.54) is 11.3 Å². The molecule has 0 bridgehead atoms. The molecule has 30 heavy (non-hydrogen) atoms. The van der Waals surface area contributed by atoms with Crippen molar-refractivity contribution in [2.45, 2.75) is 19.1 Å². The van der Waals surface area contributed by atoms with Gasteiger partial charge < -0.3 is 14.4 Å². The van der Waals surface area contributed by atoms with Crippen LogP contribution in [-0.2, 0) is 4.79 Å². The van der Waals surface area contributed by atoms with Crippen LogP contribution < -0.4 is 14.4 Å². The lowest BCUT2D eigenvalue weighted by molar-refractivity contribution is -0.130. The summed E-state index contributed by atoms with van der Waals surface area (Å²) >= 11 is 7.56. The number of hydrogen-bond donors (Lipinski definition) is 0. The summed E-state index contributed by atoms with van der Waals surface area (Å²) in [6, 6.07) is 12.9. The van der Waals surface area contributed by atoms with E-state index < -0.39 is 12.2 Å². The molecule has 2 heterocycles. The molecule has 1 aliphatic heterocycles. The van der Waals surface area contributed by atoms with Crippen LogP contribution in [0.1, 0.15) is 6.92 Å². The van der Waals surface area contributed by atoms with E-state index in [0.717, 1.165) is 10.2 Å². The number of hydrogen-bond acceptors (Lipinski definition) is 6. The average Bonchev–Trinajstić information content (AvgIpc) is 3.09. The Morgan fingerprint density at radius 2 is 1.83 bits per heavy atom. The number of aromatic nitrogens is 1. The number of ether oxygens (including phenoxy) is 2. The molecule has 9 heteroatoms. The maximum atomic E-state index is 13.5. The molecule has 0 spiro atoms. The number of likely N-dealkylation sites (N-methyl/N-ethyl adjacent to an activating group) is 1. The zero-order valence-corrected chi connectivity index (χ0v) is 19.3. The lowest BCUT2D eigenvalue weighted by atomic mass is 10.1. The zero-order valence-electron chi connectivity index (χ0n) is 16.9. The number of carbonyl (C=O) groups excluding carboxylic acids is 1. The first-order valence-corrected chi connectivity index (χ1v) is 10.6. The predicted molar refractivity (Wildman–Crippen MR) is 124 cm³/mol. The highest BCUT2D eigenvalue weighted by molar-refractivity contribution is 7.22. The van der Waals surface area contributed by atoms with E-state index in [0.29, 0.717) is 34.7 Å². The van der Waals surface area contributed by atoms with Gasteiger partial charge in [0, 0.05) is 18.1 Å². The molecule has 6 nitrogen and oxygen atoms in total. The van der Waals surface area contributed by atoms with Gasteiger partial charge in [-0.2, -0.15) is 0 Å². The minimum atomic E-state index is -0.748. The quantitative estimate of drug-likeness (QED) is 0.552. The molecule has 0 aliphatic carbocycles. The van der Waals surface area contributed by atoms with Crippen molar-refractivity contribution in [3.05, 3.63) is 47.5 Å². The average molecular weight is 468 g/mol. The third kappa shape index (κ3) is 4.64. The van der Waals surface area contributed by atoms with E-state index in [1.54, 1.807) is 11.0 Å². The predicted octanol–water partition coefficient (Wildman–Crippen LogP) is 4.49. The van der Waals surface area contributed by atoms with Crippen LogP contribution in [0, 0.1) is 0 Å². The normalized spacial score (nSPS) is 17.6. The molecule has 0 radical (unpaired) electrons. The number of halogens is 2. The van der Waals surface area contributed by atoms with Crippen molar-refractivity contribution in [3.8, 4) is 11.5 Å². The number of benzene rings is 2. The second-order valence-corrected chi connectivity index (χ2v) is 8.66. The minimum Gasteiger partial charge on any atom is -0.482 e. The van der Waals surface area contributed by atoms with Gasteiger partial charge in [-0.15, -0.1) is 12.4 Å². The van der Waals surface area contributed by atoms with Gasteiger partial charge in [0.2, 0.25) is 6.10 Å². The van der Waals surface area contributed by atoms with Gasteiger partial charge in [0.15, 0.2) is 16.6 Å². The maximum absolute atomic E-state index is 13.5. The van der Waals surface area contributed by atoms with E-state index in [-0.39, 0.29) is 18.3 Å². The lowest BCUT2D eigenvalue weighted by Crippen LogP contribution is -2.52. The molecule has 2 atom stereocenters. The molecular weight excluding hydrogens is 445 g/mol. The fourth-order valence-corrected chi connectivity index (χ4v) is 4.42. The number of fused-ring (bicyclic) bond motifs is 2. The lowest BCUT2D eigenvalue weighted by Gasteiger charge is -2.34. The topological polar surface area (TPSA) is 54.9 Å². The molecule has 0 N–H and O–H groups in total. The second-order valence-electron chi connectivity index (χ2n) is 7.21. The first-order valence-electron chi connectivity index (χ1n) is 9.37. The molecule has 0 saturated carbocycles. The smallest absolute Gasteiger partial charge is 0.273 e. The van der Waals surface area contributed by atoms with Gasteiger partial charge >= 0.3 is 0 Å². The second kappa shape index (κ2) is 9.39. The molecule has 4 rings (SSSR count). The van der Waals surface area contributed by atoms with Crippen molar-refractivity contribution in [2.24, 2.45) is 0 Å². The highest BCUT2D eigenvalue weighted by Crippen LogP contribution is 2.36. The van der Waals surface area contributed by atoms with Crippen molar-refractivity contribution < 1.29 is 14.3 Å². The van der Waals surface area contributed by atoms with Crippen LogP contribution in [0.25, 0.3) is 10.2 Å². The number of amides is 1. The van der Waals surface area contributed by atoms with Gasteiger partial charge in [-0.3, -0.25) is 9.69 Å². The van der Waals surface area contributed by atoms with Crippen molar-refractivity contribution in [3.63, 3.8) is 0 Å². The summed E-state index contributed by atoms with van der Waals surface area (Å²) in [4.78, 5) is 21.9. The molecule has 2 aromatic carbocycles. The Balaban J connectivity index is 0.00000256. The van der Waals surface area contributed by atoms with E-state index in [9.17, 15) is 4.79 Å². The third-order valence-corrected chi connectivity index (χ3v) is 5.97. The summed E-state index contributed by atoms with van der Waals surface area (Å²) in [6.07, 6.45) is -1.16. The van der Waals surface area contributed by atoms with Gasteiger partial charge in [0.05, 0.1) is 10.2 Å². The Kier molecular flexibility index (Phi) is 7.08. The molecule has 0 saturated heterocycles. The molecule has 1 aromatic heterocycles. The van der Waals surface area contributed by atoms with E-state index in [4.69, 9.17) is 21.1 Å². The first kappa shape index (κ1) is 22.6. The maximum Gasteiger partial charge on any atom is 0.273 e. The Morgan fingerprint density at radius 1 is 1.13 bits per heavy atom. The first-order chi connectivity index (χ1) is 13.9. The minimum absolute atomic E-state index is 0. The Hall–Kier alpha value is -2.06. The number of thiazole rings is 1. The monoisotopic (exact) mass is 467 g/mol. The van der Waals surface area contributed by atoms with Crippen LogP contribution >= 0.6 is 35.3 Å². The fourth-order valence-electron chi connectivity index (χ4n) is 3.15. The van der Waals surface area contributed by atoms with Crippen molar-refractivity contribution in [2.75, 3.05) is 32.1 Å². The third-order valence-electron chi connectivity index (χ3n) is 4.69. The van der Waals surface area contributed by atoms with Crippen LogP contribution in [0.5, 0.6) is 11.5 Å². The molecular formula is C21H23Cl2N3O3S. The Bertz CT molecular complexity index is 1040. The summed E-state index contributed by atoms with van der Waals surface area (Å²) in [5, 5.41) is 1.27. The molecule has 160 valence electrons. The van der Waals surface area contributed by atoms with Crippen LogP contribution in [0.3, 0.4) is 0 Å². The van der Waals surface area contributed by atoms with Gasteiger partial charge in [-0.25, -0.2) is 4.98 Å². The summed E-state index contributed by atoms with van der Waals surface area (Å²) in [7, 11) is 3.94.